The van der Waals surface area contributed by atoms with Crippen LogP contribution in [0.15, 0.2) is 0 Å². The van der Waals surface area contributed by atoms with E-state index in [4.69, 9.17) is 0 Å². The Bertz CT molecular complexity index is 158. The second-order valence-corrected chi connectivity index (χ2v) is 4.34. The molecule has 0 radical (unpaired) electrons. The van der Waals surface area contributed by atoms with E-state index in [-0.39, 0.29) is 5.97 Å². The first-order valence-corrected chi connectivity index (χ1v) is 5.86. The predicted octanol–water partition coefficient (Wildman–Crippen LogP) is 1.03. The lowest BCUT2D eigenvalue weighted by atomic mass is 10.3. The molecule has 0 spiro atoms. The number of hydrogen-bond acceptors (Lipinski definition) is 4. The zero-order chi connectivity index (χ0) is 9.52. The summed E-state index contributed by atoms with van der Waals surface area (Å²) in [6, 6.07) is 0.669. The van der Waals surface area contributed by atoms with Gasteiger partial charge >= 0.3 is 5.97 Å². The van der Waals surface area contributed by atoms with Gasteiger partial charge in [-0.3, -0.25) is 4.79 Å². The number of methoxy groups -OCH3 is 1. The van der Waals surface area contributed by atoms with Gasteiger partial charge in [0.25, 0.3) is 0 Å². The molecule has 1 heterocycles. The highest BCUT2D eigenvalue weighted by Crippen LogP contribution is 2.12. The second-order valence-electron chi connectivity index (χ2n) is 3.19. The molecular weight excluding hydrogens is 186 g/mol. The fraction of sp³-hybridized carbons (Fsp3) is 0.889. The maximum atomic E-state index is 10.8. The summed E-state index contributed by atoms with van der Waals surface area (Å²) in [6.45, 7) is 1.15. The third-order valence-electron chi connectivity index (χ3n) is 2.16. The average molecular weight is 203 g/mol. The number of carbonyl (C=O) groups excluding carboxylic acids is 1. The van der Waals surface area contributed by atoms with Gasteiger partial charge in [0.15, 0.2) is 0 Å². The lowest BCUT2D eigenvalue weighted by Gasteiger charge is -2.08. The minimum absolute atomic E-state index is 0.105. The van der Waals surface area contributed by atoms with E-state index >= 15 is 0 Å². The largest absolute Gasteiger partial charge is 0.469 e. The Labute approximate surface area is 83.6 Å². The molecule has 1 aliphatic rings. The molecule has 76 valence electrons. The fourth-order valence-electron chi connectivity index (χ4n) is 1.38. The van der Waals surface area contributed by atoms with Crippen molar-refractivity contribution in [1.82, 2.24) is 5.32 Å². The highest BCUT2D eigenvalue weighted by atomic mass is 32.2. The van der Waals surface area contributed by atoms with Crippen LogP contribution >= 0.6 is 11.8 Å². The molecule has 1 saturated heterocycles. The zero-order valence-electron chi connectivity index (χ0n) is 8.04. The van der Waals surface area contributed by atoms with Crippen molar-refractivity contribution in [2.45, 2.75) is 25.3 Å². The third kappa shape index (κ3) is 4.52. The number of hydrogen-bond donors (Lipinski definition) is 1. The topological polar surface area (TPSA) is 38.3 Å². The summed E-state index contributed by atoms with van der Waals surface area (Å²) < 4.78 is 4.55. The Morgan fingerprint density at radius 1 is 1.69 bits per heavy atom. The van der Waals surface area contributed by atoms with Crippen LogP contribution in [0.2, 0.25) is 0 Å². The summed E-state index contributed by atoms with van der Waals surface area (Å²) in [5.74, 6) is 1.90. The van der Waals surface area contributed by atoms with Crippen molar-refractivity contribution < 1.29 is 9.53 Å². The van der Waals surface area contributed by atoms with Gasteiger partial charge in [0.1, 0.15) is 0 Å². The van der Waals surface area contributed by atoms with Crippen LogP contribution in [0.4, 0.5) is 0 Å². The van der Waals surface area contributed by atoms with E-state index in [2.05, 4.69) is 10.1 Å². The summed E-state index contributed by atoms with van der Waals surface area (Å²) in [7, 11) is 1.44. The molecule has 3 nitrogen and oxygen atoms in total. The van der Waals surface area contributed by atoms with Gasteiger partial charge < -0.3 is 10.1 Å². The SMILES string of the molecule is COC(=O)CCSC[C@H]1CCCN1. The maximum absolute atomic E-state index is 10.8. The quantitative estimate of drug-likeness (QED) is 0.535. The molecule has 0 bridgehead atoms. The lowest BCUT2D eigenvalue weighted by Crippen LogP contribution is -2.23. The molecule has 0 unspecified atom stereocenters. The molecule has 4 heteroatoms. The highest BCUT2D eigenvalue weighted by molar-refractivity contribution is 7.99. The van der Waals surface area contributed by atoms with Crippen LogP contribution in [0.5, 0.6) is 0 Å². The van der Waals surface area contributed by atoms with Gasteiger partial charge in [-0.05, 0) is 19.4 Å². The van der Waals surface area contributed by atoms with Crippen molar-refractivity contribution in [2.75, 3.05) is 25.2 Å². The number of carbonyl (C=O) groups is 1. The summed E-state index contributed by atoms with van der Waals surface area (Å²) in [5, 5.41) is 3.42. The zero-order valence-corrected chi connectivity index (χ0v) is 8.86. The molecule has 13 heavy (non-hydrogen) atoms. The van der Waals surface area contributed by atoms with E-state index in [1.807, 2.05) is 11.8 Å². The number of ether oxygens (including phenoxy) is 1. The van der Waals surface area contributed by atoms with Gasteiger partial charge in [-0.15, -0.1) is 0 Å². The van der Waals surface area contributed by atoms with Gasteiger partial charge in [-0.2, -0.15) is 11.8 Å². The molecule has 0 aromatic heterocycles. The van der Waals surface area contributed by atoms with Gasteiger partial charge in [0.2, 0.25) is 0 Å². The Hall–Kier alpha value is -0.220. The van der Waals surface area contributed by atoms with Crippen molar-refractivity contribution in [3.8, 4) is 0 Å². The van der Waals surface area contributed by atoms with E-state index in [0.29, 0.717) is 12.5 Å². The molecular formula is C9H17NO2S. The number of rotatable bonds is 5. The monoisotopic (exact) mass is 203 g/mol. The Kier molecular flexibility index (Phi) is 5.23. The first-order chi connectivity index (χ1) is 6.33. The standard InChI is InChI=1S/C9H17NO2S/c1-12-9(11)4-6-13-7-8-3-2-5-10-8/h8,10H,2-7H2,1H3/t8-/m1/s1. The highest BCUT2D eigenvalue weighted by Gasteiger charge is 2.13. The molecule has 0 aliphatic carbocycles. The molecule has 1 aliphatic heterocycles. The third-order valence-corrected chi connectivity index (χ3v) is 3.29. The molecule has 0 aromatic rings. The lowest BCUT2D eigenvalue weighted by molar-refractivity contribution is -0.140. The summed E-state index contributed by atoms with van der Waals surface area (Å²) in [4.78, 5) is 10.8. The fourth-order valence-corrected chi connectivity index (χ4v) is 2.43. The van der Waals surface area contributed by atoms with Gasteiger partial charge in [0.05, 0.1) is 13.5 Å². The van der Waals surface area contributed by atoms with Crippen molar-refractivity contribution >= 4 is 17.7 Å². The maximum Gasteiger partial charge on any atom is 0.306 e. The molecule has 0 aromatic carbocycles. The summed E-state index contributed by atoms with van der Waals surface area (Å²) >= 11 is 1.83. The Morgan fingerprint density at radius 3 is 3.15 bits per heavy atom. The van der Waals surface area contributed by atoms with Crippen molar-refractivity contribution in [3.05, 3.63) is 0 Å². The van der Waals surface area contributed by atoms with Gasteiger partial charge in [0, 0.05) is 17.5 Å². The van der Waals surface area contributed by atoms with Crippen molar-refractivity contribution in [1.29, 1.82) is 0 Å². The molecule has 1 fully saturated rings. The smallest absolute Gasteiger partial charge is 0.306 e. The van der Waals surface area contributed by atoms with E-state index in [0.717, 1.165) is 18.1 Å². The molecule has 1 N–H and O–H groups in total. The van der Waals surface area contributed by atoms with E-state index in [1.54, 1.807) is 0 Å². The van der Waals surface area contributed by atoms with Crippen LogP contribution in [0.25, 0.3) is 0 Å². The first-order valence-electron chi connectivity index (χ1n) is 4.71. The van der Waals surface area contributed by atoms with Gasteiger partial charge in [-0.1, -0.05) is 0 Å². The molecule has 0 amide bonds. The molecule has 0 saturated carbocycles. The van der Waals surface area contributed by atoms with E-state index in [1.165, 1.54) is 20.0 Å². The first kappa shape index (κ1) is 10.9. The average Bonchev–Trinajstić information content (AvgIpc) is 2.64. The Morgan fingerprint density at radius 2 is 2.54 bits per heavy atom. The summed E-state index contributed by atoms with van der Waals surface area (Å²) in [6.07, 6.45) is 3.11. The van der Waals surface area contributed by atoms with Crippen LogP contribution in [0.1, 0.15) is 19.3 Å². The van der Waals surface area contributed by atoms with E-state index < -0.39 is 0 Å². The van der Waals surface area contributed by atoms with E-state index in [9.17, 15) is 4.79 Å². The number of nitrogens with one attached hydrogen (secondary N) is 1. The van der Waals surface area contributed by atoms with Crippen molar-refractivity contribution in [3.63, 3.8) is 0 Å². The second kappa shape index (κ2) is 6.27. The van der Waals surface area contributed by atoms with Crippen LogP contribution in [-0.4, -0.2) is 37.2 Å². The normalized spacial score (nSPS) is 21.8. The molecule has 1 atom stereocenters. The minimum Gasteiger partial charge on any atom is -0.469 e. The predicted molar refractivity (Wildman–Crippen MR) is 55.0 cm³/mol. The van der Waals surface area contributed by atoms with Crippen LogP contribution in [-0.2, 0) is 9.53 Å². The van der Waals surface area contributed by atoms with Crippen LogP contribution in [0.3, 0.4) is 0 Å². The van der Waals surface area contributed by atoms with Crippen molar-refractivity contribution in [2.24, 2.45) is 0 Å². The minimum atomic E-state index is -0.105. The van der Waals surface area contributed by atoms with Crippen LogP contribution in [0, 0.1) is 0 Å². The van der Waals surface area contributed by atoms with Gasteiger partial charge in [-0.25, -0.2) is 0 Å². The summed E-state index contributed by atoms with van der Waals surface area (Å²) in [5.41, 5.74) is 0. The van der Waals surface area contributed by atoms with Crippen LogP contribution < -0.4 is 5.32 Å². The number of esters is 1. The molecule has 1 rings (SSSR count). The Balaban J connectivity index is 1.91. The number of thioether (sulfide) groups is 1.